The molecule has 0 aromatic heterocycles. The molecule has 0 unspecified atom stereocenters. The van der Waals surface area contributed by atoms with E-state index in [9.17, 15) is 9.59 Å². The van der Waals surface area contributed by atoms with Gasteiger partial charge in [0.05, 0.1) is 19.9 Å². The molecule has 2 aromatic carbocycles. The molecule has 2 aromatic rings. The minimum Gasteiger partial charge on any atom is -0.465 e. The molecule has 0 saturated carbocycles. The van der Waals surface area contributed by atoms with Crippen molar-refractivity contribution in [1.29, 1.82) is 0 Å². The second-order valence-electron chi connectivity index (χ2n) is 8.35. The molecule has 0 atom stereocenters. The van der Waals surface area contributed by atoms with Gasteiger partial charge in [-0.05, 0) is 38.0 Å². The lowest BCUT2D eigenvalue weighted by molar-refractivity contribution is -0.144. The Labute approximate surface area is 198 Å². The highest BCUT2D eigenvalue weighted by Gasteiger charge is 2.32. The van der Waals surface area contributed by atoms with E-state index in [4.69, 9.17) is 9.47 Å². The standard InChI is InChI=1S/C26H30BrNO4/c1-26(2,3)21(19-15-11-8-12-16-19)22(27)23(20(24(29)31-5)25(30)32-6)28(4)17-18-13-9-7-10-14-18/h7-16H,17H2,1-6H3/b22-21+. The monoisotopic (exact) mass is 499 g/mol. The number of hydrogen-bond donors (Lipinski definition) is 0. The molecule has 0 aliphatic rings. The van der Waals surface area contributed by atoms with Crippen LogP contribution in [0.3, 0.4) is 0 Å². The molecule has 0 aliphatic heterocycles. The molecule has 0 radical (unpaired) electrons. The van der Waals surface area contributed by atoms with E-state index < -0.39 is 11.9 Å². The summed E-state index contributed by atoms with van der Waals surface area (Å²) in [5.41, 5.74) is 2.87. The van der Waals surface area contributed by atoms with Crippen LogP contribution in [0.1, 0.15) is 31.9 Å². The van der Waals surface area contributed by atoms with Crippen LogP contribution < -0.4 is 0 Å². The van der Waals surface area contributed by atoms with Gasteiger partial charge in [-0.1, -0.05) is 81.4 Å². The van der Waals surface area contributed by atoms with Crippen molar-refractivity contribution in [2.75, 3.05) is 21.3 Å². The van der Waals surface area contributed by atoms with Crippen LogP contribution in [0.15, 0.2) is 76.4 Å². The third kappa shape index (κ3) is 6.10. The molecule has 0 heterocycles. The van der Waals surface area contributed by atoms with Gasteiger partial charge in [-0.2, -0.15) is 0 Å². The van der Waals surface area contributed by atoms with Gasteiger partial charge in [-0.15, -0.1) is 0 Å². The van der Waals surface area contributed by atoms with Crippen molar-refractivity contribution < 1.29 is 19.1 Å². The van der Waals surface area contributed by atoms with Crippen LogP contribution in [0.5, 0.6) is 0 Å². The summed E-state index contributed by atoms with van der Waals surface area (Å²) in [6, 6.07) is 19.7. The number of carbonyl (C=O) groups excluding carboxylic acids is 2. The second-order valence-corrected chi connectivity index (χ2v) is 9.15. The first-order chi connectivity index (χ1) is 15.1. The lowest BCUT2D eigenvalue weighted by Crippen LogP contribution is -2.28. The minimum atomic E-state index is -0.759. The number of methoxy groups -OCH3 is 2. The number of hydrogen-bond acceptors (Lipinski definition) is 5. The van der Waals surface area contributed by atoms with E-state index in [1.165, 1.54) is 14.2 Å². The minimum absolute atomic E-state index is 0.169. The first-order valence-corrected chi connectivity index (χ1v) is 11.0. The Bertz CT molecular complexity index is 987. The molecule has 0 spiro atoms. The molecule has 0 N–H and O–H groups in total. The van der Waals surface area contributed by atoms with Crippen LogP contribution in [-0.4, -0.2) is 38.1 Å². The molecule has 2 rings (SSSR count). The van der Waals surface area contributed by atoms with Crippen LogP contribution >= 0.6 is 15.9 Å². The zero-order valence-electron chi connectivity index (χ0n) is 19.4. The average molecular weight is 500 g/mol. The van der Waals surface area contributed by atoms with E-state index in [0.29, 0.717) is 16.7 Å². The van der Waals surface area contributed by atoms with Gasteiger partial charge in [0, 0.05) is 18.1 Å². The van der Waals surface area contributed by atoms with E-state index in [1.807, 2.05) is 72.6 Å². The fourth-order valence-corrected chi connectivity index (χ4v) is 4.82. The summed E-state index contributed by atoms with van der Waals surface area (Å²) in [6.45, 7) is 6.72. The van der Waals surface area contributed by atoms with Crippen LogP contribution in [0, 0.1) is 5.41 Å². The predicted molar refractivity (Wildman–Crippen MR) is 131 cm³/mol. The number of allylic oxidation sites excluding steroid dienone is 2. The molecule has 170 valence electrons. The van der Waals surface area contributed by atoms with Crippen LogP contribution in [0.25, 0.3) is 5.57 Å². The zero-order chi connectivity index (χ0) is 23.9. The van der Waals surface area contributed by atoms with Gasteiger partial charge in [0.15, 0.2) is 5.57 Å². The summed E-state index contributed by atoms with van der Waals surface area (Å²) in [5, 5.41) is 0. The molecule has 6 heteroatoms. The summed E-state index contributed by atoms with van der Waals surface area (Å²) < 4.78 is 10.6. The number of rotatable bonds is 7. The van der Waals surface area contributed by atoms with Gasteiger partial charge < -0.3 is 14.4 Å². The maximum atomic E-state index is 12.8. The highest BCUT2D eigenvalue weighted by atomic mass is 79.9. The molecule has 0 bridgehead atoms. The van der Waals surface area contributed by atoms with Crippen LogP contribution in [-0.2, 0) is 25.6 Å². The van der Waals surface area contributed by atoms with Crippen LogP contribution in [0.2, 0.25) is 0 Å². The number of halogens is 1. The molecule has 5 nitrogen and oxygen atoms in total. The number of likely N-dealkylation sites (N-methyl/N-ethyl adjacent to an activating group) is 1. The van der Waals surface area contributed by atoms with Crippen molar-refractivity contribution in [2.24, 2.45) is 5.41 Å². The summed E-state index contributed by atoms with van der Waals surface area (Å²) in [4.78, 5) is 27.4. The van der Waals surface area contributed by atoms with Crippen LogP contribution in [0.4, 0.5) is 0 Å². The Hall–Kier alpha value is -2.86. The van der Waals surface area contributed by atoms with Crippen molar-refractivity contribution in [2.45, 2.75) is 27.3 Å². The molecule has 32 heavy (non-hydrogen) atoms. The van der Waals surface area contributed by atoms with E-state index in [0.717, 1.165) is 16.7 Å². The highest BCUT2D eigenvalue weighted by molar-refractivity contribution is 9.12. The number of carbonyl (C=O) groups is 2. The molecular weight excluding hydrogens is 470 g/mol. The van der Waals surface area contributed by atoms with Gasteiger partial charge in [-0.25, -0.2) is 9.59 Å². The van der Waals surface area contributed by atoms with Crippen molar-refractivity contribution in [3.8, 4) is 0 Å². The number of ether oxygens (including phenoxy) is 2. The van der Waals surface area contributed by atoms with E-state index in [2.05, 4.69) is 36.7 Å². The van der Waals surface area contributed by atoms with E-state index >= 15 is 0 Å². The molecular formula is C26H30BrNO4. The smallest absolute Gasteiger partial charge is 0.347 e. The van der Waals surface area contributed by atoms with E-state index in [-0.39, 0.29) is 11.0 Å². The van der Waals surface area contributed by atoms with Crippen molar-refractivity contribution in [1.82, 2.24) is 4.90 Å². The topological polar surface area (TPSA) is 55.8 Å². The lowest BCUT2D eigenvalue weighted by atomic mass is 9.81. The Morgan fingerprint density at radius 1 is 0.875 bits per heavy atom. The molecule has 0 amide bonds. The quantitative estimate of drug-likeness (QED) is 0.164. The SMILES string of the molecule is COC(=O)C(C(=O)OC)=C(/C(Br)=C(/c1ccccc1)C(C)(C)C)N(C)Cc1ccccc1. The molecule has 0 aliphatic carbocycles. The first kappa shape index (κ1) is 25.4. The van der Waals surface area contributed by atoms with Gasteiger partial charge in [-0.3, -0.25) is 0 Å². The van der Waals surface area contributed by atoms with Gasteiger partial charge in [0.1, 0.15) is 0 Å². The average Bonchev–Trinajstić information content (AvgIpc) is 2.76. The maximum absolute atomic E-state index is 12.8. The zero-order valence-corrected chi connectivity index (χ0v) is 21.0. The van der Waals surface area contributed by atoms with Crippen molar-refractivity contribution >= 4 is 33.4 Å². The van der Waals surface area contributed by atoms with Gasteiger partial charge in [0.2, 0.25) is 0 Å². The Morgan fingerprint density at radius 3 is 1.78 bits per heavy atom. The van der Waals surface area contributed by atoms with Crippen molar-refractivity contribution in [3.05, 3.63) is 87.5 Å². The fourth-order valence-electron chi connectivity index (χ4n) is 3.50. The van der Waals surface area contributed by atoms with Gasteiger partial charge >= 0.3 is 11.9 Å². The number of benzene rings is 2. The predicted octanol–water partition coefficient (Wildman–Crippen LogP) is 5.57. The third-order valence-electron chi connectivity index (χ3n) is 4.90. The summed E-state index contributed by atoms with van der Waals surface area (Å²) >= 11 is 3.76. The summed E-state index contributed by atoms with van der Waals surface area (Å²) in [5.74, 6) is -1.52. The maximum Gasteiger partial charge on any atom is 0.347 e. The molecule has 0 fully saturated rings. The van der Waals surface area contributed by atoms with Crippen molar-refractivity contribution in [3.63, 3.8) is 0 Å². The summed E-state index contributed by atoms with van der Waals surface area (Å²) in [6.07, 6.45) is 0. The largest absolute Gasteiger partial charge is 0.465 e. The Morgan fingerprint density at radius 2 is 1.34 bits per heavy atom. The van der Waals surface area contributed by atoms with Gasteiger partial charge in [0.25, 0.3) is 0 Å². The fraction of sp³-hybridized carbons (Fsp3) is 0.308. The molecule has 0 saturated heterocycles. The van der Waals surface area contributed by atoms with E-state index in [1.54, 1.807) is 0 Å². The first-order valence-electron chi connectivity index (χ1n) is 10.2. The Balaban J connectivity index is 2.86. The Kier molecular flexibility index (Phi) is 8.84. The second kappa shape index (κ2) is 11.1. The number of esters is 2. The summed E-state index contributed by atoms with van der Waals surface area (Å²) in [7, 11) is 4.33. The third-order valence-corrected chi connectivity index (χ3v) is 5.67. The number of nitrogens with zero attached hydrogens (tertiary/aromatic N) is 1. The lowest BCUT2D eigenvalue weighted by Gasteiger charge is -2.31. The normalized spacial score (nSPS) is 11.8. The highest BCUT2D eigenvalue weighted by Crippen LogP contribution is 2.42.